The molecule has 1 unspecified atom stereocenters. The van der Waals surface area contributed by atoms with Gasteiger partial charge in [0.25, 0.3) is 0 Å². The van der Waals surface area contributed by atoms with Crippen molar-refractivity contribution in [3.63, 3.8) is 0 Å². The van der Waals surface area contributed by atoms with Crippen molar-refractivity contribution in [3.8, 4) is 0 Å². The van der Waals surface area contributed by atoms with E-state index >= 15 is 0 Å². The molecule has 13 heavy (non-hydrogen) atoms. The number of hydrogen-bond donors (Lipinski definition) is 1. The van der Waals surface area contributed by atoms with Gasteiger partial charge in [0.2, 0.25) is 0 Å². The molecule has 1 heterocycles. The molecule has 1 nitrogen and oxygen atoms in total. The highest BCUT2D eigenvalue weighted by Crippen LogP contribution is 2.30. The van der Waals surface area contributed by atoms with Crippen molar-refractivity contribution in [2.75, 3.05) is 0 Å². The lowest BCUT2D eigenvalue weighted by molar-refractivity contribution is 0.231. The van der Waals surface area contributed by atoms with Gasteiger partial charge in [-0.2, -0.15) is 0 Å². The summed E-state index contributed by atoms with van der Waals surface area (Å²) < 4.78 is 1.21. The van der Waals surface area contributed by atoms with Crippen LogP contribution >= 0.6 is 11.3 Å². The van der Waals surface area contributed by atoms with Crippen LogP contribution in [-0.2, 0) is 0 Å². The fourth-order valence-electron chi connectivity index (χ4n) is 1.35. The van der Waals surface area contributed by atoms with Gasteiger partial charge in [0.15, 0.2) is 0 Å². The van der Waals surface area contributed by atoms with Gasteiger partial charge in [-0.3, -0.25) is 0 Å². The minimum absolute atomic E-state index is 0.545. The smallest absolute Gasteiger partial charge is 0.0983 e. The molecule has 0 fully saturated rings. The molecule has 1 aromatic heterocycles. The Morgan fingerprint density at radius 3 is 2.92 bits per heavy atom. The second-order valence-electron chi connectivity index (χ2n) is 2.87. The Kier molecular flexibility index (Phi) is 2.17. The van der Waals surface area contributed by atoms with E-state index in [9.17, 15) is 5.11 Å². The number of aliphatic hydroxyl groups excluding tert-OH is 1. The van der Waals surface area contributed by atoms with Crippen LogP contribution in [0.1, 0.15) is 11.7 Å². The zero-order valence-corrected chi connectivity index (χ0v) is 7.92. The Bertz CT molecular complexity index is 430. The molecule has 0 aliphatic heterocycles. The van der Waals surface area contributed by atoms with Gasteiger partial charge in [-0.15, -0.1) is 17.9 Å². The molecule has 0 saturated carbocycles. The summed E-state index contributed by atoms with van der Waals surface area (Å²) in [6.07, 6.45) is 1.00. The molecule has 0 aliphatic rings. The van der Waals surface area contributed by atoms with Crippen molar-refractivity contribution in [2.45, 2.75) is 6.10 Å². The molecule has 1 aromatic carbocycles. The lowest BCUT2D eigenvalue weighted by Crippen LogP contribution is -1.89. The highest BCUT2D eigenvalue weighted by atomic mass is 32.1. The van der Waals surface area contributed by atoms with Crippen LogP contribution in [0.4, 0.5) is 0 Å². The SMILES string of the molecule is C=CC(O)c1csc2ccccc12. The van der Waals surface area contributed by atoms with Crippen LogP contribution < -0.4 is 0 Å². The molecule has 2 aromatic rings. The normalized spacial score (nSPS) is 13.0. The number of hydrogen-bond acceptors (Lipinski definition) is 2. The summed E-state index contributed by atoms with van der Waals surface area (Å²) in [7, 11) is 0. The van der Waals surface area contributed by atoms with Crippen LogP contribution in [0.25, 0.3) is 10.1 Å². The Morgan fingerprint density at radius 2 is 2.15 bits per heavy atom. The Balaban J connectivity index is 2.64. The Hall–Kier alpha value is -1.12. The van der Waals surface area contributed by atoms with Crippen molar-refractivity contribution in [3.05, 3.63) is 47.9 Å². The van der Waals surface area contributed by atoms with Gasteiger partial charge in [0, 0.05) is 10.3 Å². The predicted molar refractivity (Wildman–Crippen MR) is 57.0 cm³/mol. The lowest BCUT2D eigenvalue weighted by atomic mass is 10.1. The molecule has 0 radical (unpaired) electrons. The summed E-state index contributed by atoms with van der Waals surface area (Å²) in [5.41, 5.74) is 0.954. The van der Waals surface area contributed by atoms with Crippen molar-refractivity contribution < 1.29 is 5.11 Å². The minimum atomic E-state index is -0.545. The Labute approximate surface area is 81.0 Å². The summed E-state index contributed by atoms with van der Waals surface area (Å²) >= 11 is 1.65. The quantitative estimate of drug-likeness (QED) is 0.721. The van der Waals surface area contributed by atoms with Crippen molar-refractivity contribution in [2.24, 2.45) is 0 Å². The molecule has 0 saturated heterocycles. The van der Waals surface area contributed by atoms with Crippen LogP contribution in [0, 0.1) is 0 Å². The van der Waals surface area contributed by atoms with E-state index < -0.39 is 6.10 Å². The molecule has 0 aliphatic carbocycles. The first-order valence-corrected chi connectivity index (χ1v) is 4.97. The molecule has 2 rings (SSSR count). The topological polar surface area (TPSA) is 20.2 Å². The zero-order valence-electron chi connectivity index (χ0n) is 7.10. The van der Waals surface area contributed by atoms with Gasteiger partial charge >= 0.3 is 0 Å². The van der Waals surface area contributed by atoms with E-state index in [2.05, 4.69) is 12.6 Å². The summed E-state index contributed by atoms with van der Waals surface area (Å²) in [6, 6.07) is 8.06. The van der Waals surface area contributed by atoms with Crippen LogP contribution in [0.3, 0.4) is 0 Å². The van der Waals surface area contributed by atoms with Crippen molar-refractivity contribution in [1.82, 2.24) is 0 Å². The average Bonchev–Trinajstić information content (AvgIpc) is 2.60. The largest absolute Gasteiger partial charge is 0.384 e. The first kappa shape index (κ1) is 8.48. The van der Waals surface area contributed by atoms with Gasteiger partial charge in [0.1, 0.15) is 0 Å². The van der Waals surface area contributed by atoms with E-state index in [-0.39, 0.29) is 0 Å². The zero-order chi connectivity index (χ0) is 9.26. The maximum absolute atomic E-state index is 9.60. The highest BCUT2D eigenvalue weighted by molar-refractivity contribution is 7.17. The van der Waals surface area contributed by atoms with Gasteiger partial charge in [-0.05, 0) is 16.8 Å². The predicted octanol–water partition coefficient (Wildman–Crippen LogP) is 3.12. The van der Waals surface area contributed by atoms with E-state index in [1.165, 1.54) is 4.70 Å². The third kappa shape index (κ3) is 1.39. The van der Waals surface area contributed by atoms with E-state index in [1.54, 1.807) is 17.4 Å². The van der Waals surface area contributed by atoms with Crippen LogP contribution in [-0.4, -0.2) is 5.11 Å². The lowest BCUT2D eigenvalue weighted by Gasteiger charge is -2.02. The van der Waals surface area contributed by atoms with E-state index in [0.717, 1.165) is 10.9 Å². The van der Waals surface area contributed by atoms with Gasteiger partial charge < -0.3 is 5.11 Å². The van der Waals surface area contributed by atoms with E-state index in [0.29, 0.717) is 0 Å². The average molecular weight is 190 g/mol. The molecule has 0 spiro atoms. The molecular formula is C11H10OS. The summed E-state index contributed by atoms with van der Waals surface area (Å²) in [4.78, 5) is 0. The third-order valence-electron chi connectivity index (χ3n) is 2.05. The fraction of sp³-hybridized carbons (Fsp3) is 0.0909. The molecule has 1 N–H and O–H groups in total. The maximum Gasteiger partial charge on any atom is 0.0983 e. The molecule has 1 atom stereocenters. The first-order chi connectivity index (χ1) is 6.33. The number of benzene rings is 1. The molecule has 0 bridgehead atoms. The second-order valence-corrected chi connectivity index (χ2v) is 3.78. The van der Waals surface area contributed by atoms with Crippen molar-refractivity contribution >= 4 is 21.4 Å². The van der Waals surface area contributed by atoms with Gasteiger partial charge in [-0.25, -0.2) is 0 Å². The second kappa shape index (κ2) is 3.32. The molecular weight excluding hydrogens is 180 g/mol. The number of rotatable bonds is 2. The standard InChI is InChI=1S/C11H10OS/c1-2-10(12)9-7-13-11-6-4-3-5-8(9)11/h2-7,10,12H,1H2. The monoisotopic (exact) mass is 190 g/mol. The number of thiophene rings is 1. The van der Waals surface area contributed by atoms with E-state index in [4.69, 9.17) is 0 Å². The minimum Gasteiger partial charge on any atom is -0.384 e. The van der Waals surface area contributed by atoms with Crippen LogP contribution in [0.2, 0.25) is 0 Å². The van der Waals surface area contributed by atoms with Crippen LogP contribution in [0.5, 0.6) is 0 Å². The Morgan fingerprint density at radius 1 is 1.38 bits per heavy atom. The summed E-state index contributed by atoms with van der Waals surface area (Å²) in [5.74, 6) is 0. The summed E-state index contributed by atoms with van der Waals surface area (Å²) in [5, 5.41) is 12.7. The number of aliphatic hydroxyl groups is 1. The molecule has 66 valence electrons. The fourth-order valence-corrected chi connectivity index (χ4v) is 2.34. The molecule has 2 heteroatoms. The highest BCUT2D eigenvalue weighted by Gasteiger charge is 2.08. The summed E-state index contributed by atoms with van der Waals surface area (Å²) in [6.45, 7) is 3.58. The van der Waals surface area contributed by atoms with Crippen LogP contribution in [0.15, 0.2) is 42.3 Å². The number of fused-ring (bicyclic) bond motifs is 1. The third-order valence-corrected chi connectivity index (χ3v) is 3.03. The first-order valence-electron chi connectivity index (χ1n) is 4.09. The molecule has 0 amide bonds. The van der Waals surface area contributed by atoms with Gasteiger partial charge in [-0.1, -0.05) is 24.3 Å². The van der Waals surface area contributed by atoms with Gasteiger partial charge in [0.05, 0.1) is 6.10 Å². The van der Waals surface area contributed by atoms with Crippen molar-refractivity contribution in [1.29, 1.82) is 0 Å². The van der Waals surface area contributed by atoms with E-state index in [1.807, 2.05) is 23.6 Å². The maximum atomic E-state index is 9.60.